The van der Waals surface area contributed by atoms with Gasteiger partial charge in [0.25, 0.3) is 5.56 Å². The van der Waals surface area contributed by atoms with Gasteiger partial charge < -0.3 is 9.64 Å². The van der Waals surface area contributed by atoms with Gasteiger partial charge in [-0.3, -0.25) is 14.4 Å². The Bertz CT molecular complexity index is 1050. The Morgan fingerprint density at radius 3 is 2.19 bits per heavy atom. The Morgan fingerprint density at radius 1 is 0.903 bits per heavy atom. The van der Waals surface area contributed by atoms with E-state index in [4.69, 9.17) is 16.3 Å². The maximum atomic E-state index is 12.9. The van der Waals surface area contributed by atoms with Crippen molar-refractivity contribution in [3.63, 3.8) is 0 Å². The van der Waals surface area contributed by atoms with E-state index in [1.807, 2.05) is 61.0 Å². The second-order valence-electron chi connectivity index (χ2n) is 7.62. The van der Waals surface area contributed by atoms with Crippen LogP contribution in [0, 0.1) is 0 Å². The van der Waals surface area contributed by atoms with Gasteiger partial charge in [-0.05, 0) is 50.2 Å². The summed E-state index contributed by atoms with van der Waals surface area (Å²) < 4.78 is 9.23. The lowest BCUT2D eigenvalue weighted by molar-refractivity contribution is 0.241. The van der Waals surface area contributed by atoms with Crippen LogP contribution in [0.5, 0.6) is 5.75 Å². The molecule has 2 heterocycles. The molecule has 164 valence electrons. The molecule has 0 aliphatic carbocycles. The first-order chi connectivity index (χ1) is 15.1. The maximum Gasteiger partial charge on any atom is 0.290 e. The van der Waals surface area contributed by atoms with Crippen LogP contribution in [0.3, 0.4) is 0 Å². The first-order valence-corrected chi connectivity index (χ1v) is 11.3. The van der Waals surface area contributed by atoms with Crippen molar-refractivity contribution < 1.29 is 4.74 Å². The van der Waals surface area contributed by atoms with E-state index in [1.165, 1.54) is 5.69 Å². The van der Waals surface area contributed by atoms with Gasteiger partial charge in [-0.25, -0.2) is 4.68 Å². The second-order valence-corrected chi connectivity index (χ2v) is 8.00. The Morgan fingerprint density at radius 2 is 1.58 bits per heavy atom. The number of aromatic nitrogens is 2. The zero-order chi connectivity index (χ0) is 21.8. The van der Waals surface area contributed by atoms with E-state index in [0.29, 0.717) is 24.7 Å². The number of para-hydroxylation sites is 1. The fourth-order valence-corrected chi connectivity index (χ4v) is 4.40. The van der Waals surface area contributed by atoms with Gasteiger partial charge in [0.15, 0.2) is 0 Å². The molecule has 7 heteroatoms. The minimum Gasteiger partial charge on any atom is -0.494 e. The molecule has 1 aromatic heterocycles. The molecule has 1 aliphatic heterocycles. The van der Waals surface area contributed by atoms with Crippen LogP contribution in [0.2, 0.25) is 5.02 Å². The third kappa shape index (κ3) is 4.50. The highest BCUT2D eigenvalue weighted by molar-refractivity contribution is 6.31. The first-order valence-electron chi connectivity index (χ1n) is 10.9. The smallest absolute Gasteiger partial charge is 0.290 e. The van der Waals surface area contributed by atoms with Gasteiger partial charge in [0, 0.05) is 45.0 Å². The average Bonchev–Trinajstić information content (AvgIpc) is 3.05. The highest BCUT2D eigenvalue weighted by Gasteiger charge is 2.23. The predicted molar refractivity (Wildman–Crippen MR) is 126 cm³/mol. The Labute approximate surface area is 188 Å². The third-order valence-electron chi connectivity index (χ3n) is 5.75. The van der Waals surface area contributed by atoms with Gasteiger partial charge in [-0.1, -0.05) is 29.8 Å². The summed E-state index contributed by atoms with van der Waals surface area (Å²) in [5.41, 5.74) is 2.77. The number of nitrogens with zero attached hydrogens (tertiary/aromatic N) is 4. The predicted octanol–water partition coefficient (Wildman–Crippen LogP) is 4.03. The standard InChI is InChI=1S/C24H29ClN4O2/c1-3-28-22(23(25)24(30)29(28)20-8-6-5-7-9-20)18-26-14-16-27(17-15-26)19-10-12-21(13-11-19)31-4-2/h5-13H,3-4,14-18H2,1-2H3. The van der Waals surface area contributed by atoms with Crippen LogP contribution < -0.4 is 15.2 Å². The van der Waals surface area contributed by atoms with Crippen molar-refractivity contribution in [2.75, 3.05) is 37.7 Å². The number of piperazine rings is 1. The first kappa shape index (κ1) is 21.5. The van der Waals surface area contributed by atoms with Crippen LogP contribution in [-0.4, -0.2) is 47.0 Å². The molecular weight excluding hydrogens is 412 g/mol. The molecule has 0 N–H and O–H groups in total. The normalized spacial score (nSPS) is 14.7. The second kappa shape index (κ2) is 9.62. The highest BCUT2D eigenvalue weighted by atomic mass is 35.5. The molecule has 0 atom stereocenters. The number of hydrogen-bond donors (Lipinski definition) is 0. The summed E-state index contributed by atoms with van der Waals surface area (Å²) in [5, 5.41) is 0.319. The van der Waals surface area contributed by atoms with Gasteiger partial charge in [0.2, 0.25) is 0 Å². The molecule has 0 unspecified atom stereocenters. The van der Waals surface area contributed by atoms with Crippen LogP contribution >= 0.6 is 11.6 Å². The van der Waals surface area contributed by atoms with Gasteiger partial charge in [-0.2, -0.15) is 0 Å². The number of rotatable bonds is 7. The van der Waals surface area contributed by atoms with Crippen LogP contribution in [-0.2, 0) is 13.1 Å². The fourth-order valence-electron chi connectivity index (χ4n) is 4.17. The highest BCUT2D eigenvalue weighted by Crippen LogP contribution is 2.23. The number of anilines is 1. The molecule has 1 aliphatic rings. The van der Waals surface area contributed by atoms with Crippen molar-refractivity contribution in [1.82, 2.24) is 14.3 Å². The van der Waals surface area contributed by atoms with Crippen LogP contribution in [0.1, 0.15) is 19.5 Å². The lowest BCUT2D eigenvalue weighted by atomic mass is 10.2. The molecule has 1 saturated heterocycles. The molecule has 0 bridgehead atoms. The summed E-state index contributed by atoms with van der Waals surface area (Å²) in [6.45, 7) is 9.75. The molecule has 1 fully saturated rings. The molecule has 0 radical (unpaired) electrons. The maximum absolute atomic E-state index is 12.9. The summed E-state index contributed by atoms with van der Waals surface area (Å²) in [6, 6.07) is 18.0. The largest absolute Gasteiger partial charge is 0.494 e. The Balaban J connectivity index is 1.47. The van der Waals surface area contributed by atoms with Gasteiger partial charge in [-0.15, -0.1) is 0 Å². The zero-order valence-electron chi connectivity index (χ0n) is 18.1. The lowest BCUT2D eigenvalue weighted by Crippen LogP contribution is -2.46. The lowest BCUT2D eigenvalue weighted by Gasteiger charge is -2.36. The monoisotopic (exact) mass is 440 g/mol. The van der Waals surface area contributed by atoms with Crippen molar-refractivity contribution >= 4 is 17.3 Å². The SMILES string of the molecule is CCOc1ccc(N2CCN(Cc3c(Cl)c(=O)n(-c4ccccc4)n3CC)CC2)cc1. The summed E-state index contributed by atoms with van der Waals surface area (Å²) >= 11 is 6.53. The molecule has 3 aromatic rings. The number of benzene rings is 2. The molecule has 4 rings (SSSR count). The van der Waals surface area contributed by atoms with Crippen molar-refractivity contribution in [2.24, 2.45) is 0 Å². The zero-order valence-corrected chi connectivity index (χ0v) is 18.9. The van der Waals surface area contributed by atoms with Crippen molar-refractivity contribution in [3.05, 3.63) is 75.7 Å². The topological polar surface area (TPSA) is 42.6 Å². The molecule has 6 nitrogen and oxygen atoms in total. The molecule has 2 aromatic carbocycles. The van der Waals surface area contributed by atoms with E-state index in [-0.39, 0.29) is 5.56 Å². The van der Waals surface area contributed by atoms with Crippen LogP contribution in [0.15, 0.2) is 59.4 Å². The third-order valence-corrected chi connectivity index (χ3v) is 6.13. The van der Waals surface area contributed by atoms with Gasteiger partial charge in [0.1, 0.15) is 10.8 Å². The van der Waals surface area contributed by atoms with E-state index < -0.39 is 0 Å². The van der Waals surface area contributed by atoms with E-state index in [2.05, 4.69) is 21.9 Å². The van der Waals surface area contributed by atoms with Crippen molar-refractivity contribution in [3.8, 4) is 11.4 Å². The molecule has 0 spiro atoms. The van der Waals surface area contributed by atoms with Gasteiger partial charge >= 0.3 is 0 Å². The van der Waals surface area contributed by atoms with Crippen LogP contribution in [0.4, 0.5) is 5.69 Å². The molecular formula is C24H29ClN4O2. The summed E-state index contributed by atoms with van der Waals surface area (Å²) in [4.78, 5) is 17.6. The van der Waals surface area contributed by atoms with E-state index >= 15 is 0 Å². The van der Waals surface area contributed by atoms with Gasteiger partial charge in [0.05, 0.1) is 18.0 Å². The fraction of sp³-hybridized carbons (Fsp3) is 0.375. The number of ether oxygens (including phenoxy) is 1. The summed E-state index contributed by atoms with van der Waals surface area (Å²) in [5.74, 6) is 0.903. The summed E-state index contributed by atoms with van der Waals surface area (Å²) in [6.07, 6.45) is 0. The number of halogens is 1. The molecule has 31 heavy (non-hydrogen) atoms. The van der Waals surface area contributed by atoms with Crippen molar-refractivity contribution in [2.45, 2.75) is 26.9 Å². The van der Waals surface area contributed by atoms with Crippen LogP contribution in [0.25, 0.3) is 5.69 Å². The quantitative estimate of drug-likeness (QED) is 0.556. The summed E-state index contributed by atoms with van der Waals surface area (Å²) in [7, 11) is 0. The minimum atomic E-state index is -0.155. The van der Waals surface area contributed by atoms with E-state index in [0.717, 1.165) is 43.3 Å². The Kier molecular flexibility index (Phi) is 6.68. The molecule has 0 saturated carbocycles. The minimum absolute atomic E-state index is 0.155. The van der Waals surface area contributed by atoms with Crippen molar-refractivity contribution in [1.29, 1.82) is 0 Å². The van der Waals surface area contributed by atoms with E-state index in [1.54, 1.807) is 4.68 Å². The van der Waals surface area contributed by atoms with E-state index in [9.17, 15) is 4.79 Å². The number of hydrogen-bond acceptors (Lipinski definition) is 4. The molecule has 0 amide bonds. The Hall–Kier alpha value is -2.70. The average molecular weight is 441 g/mol.